The van der Waals surface area contributed by atoms with Crippen LogP contribution in [0.25, 0.3) is 11.3 Å². The third-order valence-electron chi connectivity index (χ3n) is 4.05. The SMILES string of the molecule is CCN=c1scc(-c2ccc(OC)cc2)n1N=C(C)c1ccc(C#N)cc1. The Balaban J connectivity index is 2.08. The number of benzene rings is 2. The Morgan fingerprint density at radius 1 is 1.15 bits per heavy atom. The quantitative estimate of drug-likeness (QED) is 0.624. The van der Waals surface area contributed by atoms with Gasteiger partial charge >= 0.3 is 0 Å². The van der Waals surface area contributed by atoms with Crippen LogP contribution in [0.15, 0.2) is 64.0 Å². The monoisotopic (exact) mass is 376 g/mol. The molecule has 5 nitrogen and oxygen atoms in total. The average Bonchev–Trinajstić information content (AvgIpc) is 3.10. The average molecular weight is 376 g/mol. The molecule has 0 N–H and O–H groups in total. The zero-order chi connectivity index (χ0) is 19.2. The lowest BCUT2D eigenvalue weighted by atomic mass is 10.1. The third kappa shape index (κ3) is 4.15. The highest BCUT2D eigenvalue weighted by atomic mass is 32.1. The molecule has 0 aliphatic carbocycles. The molecule has 0 aliphatic rings. The number of ether oxygens (including phenoxy) is 1. The maximum Gasteiger partial charge on any atom is 0.206 e. The van der Waals surface area contributed by atoms with Gasteiger partial charge in [0.2, 0.25) is 4.80 Å². The predicted molar refractivity (Wildman–Crippen MR) is 109 cm³/mol. The number of hydrogen-bond donors (Lipinski definition) is 0. The molecule has 1 heterocycles. The first-order valence-electron chi connectivity index (χ1n) is 8.57. The number of thiazole rings is 1. The van der Waals surface area contributed by atoms with E-state index in [1.54, 1.807) is 30.6 Å². The fourth-order valence-corrected chi connectivity index (χ4v) is 3.49. The van der Waals surface area contributed by atoms with Gasteiger partial charge in [-0.15, -0.1) is 11.3 Å². The summed E-state index contributed by atoms with van der Waals surface area (Å²) in [6.07, 6.45) is 0. The van der Waals surface area contributed by atoms with Crippen LogP contribution < -0.4 is 9.54 Å². The van der Waals surface area contributed by atoms with Crippen molar-refractivity contribution in [1.82, 2.24) is 4.68 Å². The molecule has 0 atom stereocenters. The van der Waals surface area contributed by atoms with Gasteiger partial charge in [0, 0.05) is 17.5 Å². The van der Waals surface area contributed by atoms with Crippen LogP contribution in [0.3, 0.4) is 0 Å². The lowest BCUT2D eigenvalue weighted by molar-refractivity contribution is 0.415. The van der Waals surface area contributed by atoms with Crippen molar-refractivity contribution in [2.24, 2.45) is 10.1 Å². The van der Waals surface area contributed by atoms with Crippen LogP contribution >= 0.6 is 11.3 Å². The van der Waals surface area contributed by atoms with Gasteiger partial charge < -0.3 is 4.74 Å². The first-order valence-corrected chi connectivity index (χ1v) is 9.45. The molecule has 0 spiro atoms. The number of hydrogen-bond acceptors (Lipinski definition) is 5. The first kappa shape index (κ1) is 18.6. The minimum atomic E-state index is 0.635. The van der Waals surface area contributed by atoms with Crippen molar-refractivity contribution < 1.29 is 4.74 Å². The second-order valence-electron chi connectivity index (χ2n) is 5.79. The molecule has 6 heteroatoms. The minimum Gasteiger partial charge on any atom is -0.497 e. The highest BCUT2D eigenvalue weighted by molar-refractivity contribution is 7.07. The summed E-state index contributed by atoms with van der Waals surface area (Å²) in [5, 5.41) is 15.8. The normalized spacial score (nSPS) is 12.1. The summed E-state index contributed by atoms with van der Waals surface area (Å²) in [7, 11) is 1.66. The van der Waals surface area contributed by atoms with E-state index in [0.717, 1.165) is 33.1 Å². The molecule has 27 heavy (non-hydrogen) atoms. The summed E-state index contributed by atoms with van der Waals surface area (Å²) in [6.45, 7) is 4.65. The van der Waals surface area contributed by atoms with Crippen LogP contribution in [0.1, 0.15) is 25.0 Å². The predicted octanol–water partition coefficient (Wildman–Crippen LogP) is 4.29. The van der Waals surface area contributed by atoms with E-state index in [-0.39, 0.29) is 0 Å². The Hall–Kier alpha value is -3.17. The number of methoxy groups -OCH3 is 1. The molecule has 2 aromatic carbocycles. The minimum absolute atomic E-state index is 0.635. The van der Waals surface area contributed by atoms with Gasteiger partial charge in [0.25, 0.3) is 0 Å². The molecule has 3 rings (SSSR count). The van der Waals surface area contributed by atoms with Gasteiger partial charge in [-0.25, -0.2) is 4.68 Å². The molecule has 0 aliphatic heterocycles. The number of nitriles is 1. The lowest BCUT2D eigenvalue weighted by Crippen LogP contribution is -2.14. The van der Waals surface area contributed by atoms with Gasteiger partial charge in [-0.1, -0.05) is 12.1 Å². The van der Waals surface area contributed by atoms with Gasteiger partial charge in [-0.3, -0.25) is 4.99 Å². The Morgan fingerprint density at radius 2 is 1.85 bits per heavy atom. The van der Waals surface area contributed by atoms with Crippen molar-refractivity contribution in [1.29, 1.82) is 5.26 Å². The van der Waals surface area contributed by atoms with Crippen LogP contribution in [-0.2, 0) is 0 Å². The maximum atomic E-state index is 8.97. The molecule has 0 fully saturated rings. The second kappa shape index (κ2) is 8.47. The Bertz CT molecular complexity index is 1050. The second-order valence-corrected chi connectivity index (χ2v) is 6.63. The van der Waals surface area contributed by atoms with Crippen molar-refractivity contribution in [3.05, 3.63) is 69.8 Å². The van der Waals surface area contributed by atoms with E-state index in [1.807, 2.05) is 54.9 Å². The molecular formula is C21H20N4OS. The summed E-state index contributed by atoms with van der Waals surface area (Å²) < 4.78 is 7.13. The first-order chi connectivity index (χ1) is 13.2. The van der Waals surface area contributed by atoms with Crippen molar-refractivity contribution >= 4 is 17.0 Å². The van der Waals surface area contributed by atoms with Gasteiger partial charge in [-0.05, 0) is 55.8 Å². The molecule has 0 saturated heterocycles. The van der Waals surface area contributed by atoms with E-state index in [2.05, 4.69) is 16.4 Å². The van der Waals surface area contributed by atoms with Crippen molar-refractivity contribution in [3.63, 3.8) is 0 Å². The van der Waals surface area contributed by atoms with E-state index >= 15 is 0 Å². The van der Waals surface area contributed by atoms with Crippen molar-refractivity contribution in [2.45, 2.75) is 13.8 Å². The summed E-state index contributed by atoms with van der Waals surface area (Å²) in [6, 6.07) is 17.5. The zero-order valence-electron chi connectivity index (χ0n) is 15.5. The fourth-order valence-electron chi connectivity index (χ4n) is 2.59. The van der Waals surface area contributed by atoms with Gasteiger partial charge in [0.15, 0.2) is 0 Å². The standard InChI is InChI=1S/C21H20N4OS/c1-4-23-21-25(24-15(2)17-7-5-16(13-22)6-8-17)20(14-27-21)18-9-11-19(26-3)12-10-18/h5-12,14H,4H2,1-3H3. The van der Waals surface area contributed by atoms with Crippen LogP contribution in [0, 0.1) is 11.3 Å². The highest BCUT2D eigenvalue weighted by Gasteiger charge is 2.09. The molecule has 0 bridgehead atoms. The van der Waals surface area contributed by atoms with Crippen LogP contribution in [0.5, 0.6) is 5.75 Å². The molecule has 0 unspecified atom stereocenters. The molecule has 0 radical (unpaired) electrons. The zero-order valence-corrected chi connectivity index (χ0v) is 16.3. The van der Waals surface area contributed by atoms with E-state index in [4.69, 9.17) is 15.1 Å². The number of rotatable bonds is 5. The van der Waals surface area contributed by atoms with Crippen molar-refractivity contribution in [2.75, 3.05) is 13.7 Å². The lowest BCUT2D eigenvalue weighted by Gasteiger charge is -2.07. The van der Waals surface area contributed by atoms with Gasteiger partial charge in [0.05, 0.1) is 30.1 Å². The fraction of sp³-hybridized carbons (Fsp3) is 0.190. The summed E-state index contributed by atoms with van der Waals surface area (Å²) >= 11 is 1.56. The van der Waals surface area contributed by atoms with E-state index in [9.17, 15) is 0 Å². The highest BCUT2D eigenvalue weighted by Crippen LogP contribution is 2.23. The number of aromatic nitrogens is 1. The summed E-state index contributed by atoms with van der Waals surface area (Å²) in [5.41, 5.74) is 4.47. The Kier molecular flexibility index (Phi) is 5.84. The van der Waals surface area contributed by atoms with Crippen molar-refractivity contribution in [3.8, 4) is 23.1 Å². The smallest absolute Gasteiger partial charge is 0.206 e. The van der Waals surface area contributed by atoms with Crippen LogP contribution in [-0.4, -0.2) is 24.0 Å². The molecular weight excluding hydrogens is 356 g/mol. The maximum absolute atomic E-state index is 8.97. The van der Waals surface area contributed by atoms with E-state index in [0.29, 0.717) is 12.1 Å². The summed E-state index contributed by atoms with van der Waals surface area (Å²) in [5.74, 6) is 0.816. The molecule has 3 aromatic rings. The Morgan fingerprint density at radius 3 is 2.44 bits per heavy atom. The summed E-state index contributed by atoms with van der Waals surface area (Å²) in [4.78, 5) is 5.41. The molecule has 1 aromatic heterocycles. The third-order valence-corrected chi connectivity index (χ3v) is 4.90. The van der Waals surface area contributed by atoms with Crippen LogP contribution in [0.2, 0.25) is 0 Å². The molecule has 0 amide bonds. The van der Waals surface area contributed by atoms with Crippen LogP contribution in [0.4, 0.5) is 0 Å². The molecule has 136 valence electrons. The van der Waals surface area contributed by atoms with Gasteiger partial charge in [-0.2, -0.15) is 10.4 Å². The molecule has 0 saturated carbocycles. The van der Waals surface area contributed by atoms with E-state index in [1.165, 1.54) is 0 Å². The number of nitrogens with zero attached hydrogens (tertiary/aromatic N) is 4. The topological polar surface area (TPSA) is 62.7 Å². The van der Waals surface area contributed by atoms with Gasteiger partial charge in [0.1, 0.15) is 5.75 Å². The largest absolute Gasteiger partial charge is 0.497 e. The van der Waals surface area contributed by atoms with E-state index < -0.39 is 0 Å². The Labute approximate surface area is 162 Å².